The Balaban J connectivity index is 1.61. The van der Waals surface area contributed by atoms with Crippen LogP contribution in [0.1, 0.15) is 33.5 Å². The number of ether oxygens (including phenoxy) is 1. The Bertz CT molecular complexity index is 1120. The van der Waals surface area contributed by atoms with Crippen LogP contribution < -0.4 is 5.43 Å². The topological polar surface area (TPSA) is 78.3 Å². The minimum atomic E-state index is -0.487. The van der Waals surface area contributed by atoms with Crippen molar-refractivity contribution in [3.05, 3.63) is 75.1 Å². The van der Waals surface area contributed by atoms with Crippen molar-refractivity contribution >= 4 is 22.7 Å². The van der Waals surface area contributed by atoms with Crippen molar-refractivity contribution in [3.63, 3.8) is 0 Å². The average molecular weight is 378 g/mol. The Hall–Kier alpha value is -3.28. The van der Waals surface area contributed by atoms with Crippen LogP contribution in [0.3, 0.4) is 0 Å². The van der Waals surface area contributed by atoms with Crippen molar-refractivity contribution < 1.29 is 14.3 Å². The molecule has 3 rings (SSSR count). The Labute approximate surface area is 162 Å². The van der Waals surface area contributed by atoms with Crippen LogP contribution in [0.2, 0.25) is 0 Å². The predicted molar refractivity (Wildman–Crippen MR) is 107 cm³/mol. The Morgan fingerprint density at radius 1 is 1.04 bits per heavy atom. The first-order valence-corrected chi connectivity index (χ1v) is 9.08. The van der Waals surface area contributed by atoms with Gasteiger partial charge in [0, 0.05) is 10.9 Å². The van der Waals surface area contributed by atoms with Crippen LogP contribution in [0.15, 0.2) is 47.4 Å². The number of para-hydroxylation sites is 1. The molecule has 1 aromatic heterocycles. The normalized spacial score (nSPS) is 10.8. The maximum Gasteiger partial charge on any atom is 0.308 e. The molecule has 1 heterocycles. The number of hydrogen-bond donors (Lipinski definition) is 0. The number of Topliss-reactive ketones (excluding diaryl/α,β-unsaturated/α-hetero) is 1. The molecule has 0 spiro atoms. The molecule has 0 amide bonds. The van der Waals surface area contributed by atoms with E-state index in [1.807, 2.05) is 39.0 Å². The number of hydrogen-bond acceptors (Lipinski definition) is 5. The van der Waals surface area contributed by atoms with Crippen LogP contribution in [-0.4, -0.2) is 28.1 Å². The third-order valence-corrected chi connectivity index (χ3v) is 4.80. The molecule has 28 heavy (non-hydrogen) atoms. The minimum absolute atomic E-state index is 0.0546. The highest BCUT2D eigenvalue weighted by Crippen LogP contribution is 2.16. The molecule has 0 aliphatic heterocycles. The molecule has 6 nitrogen and oxygen atoms in total. The largest absolute Gasteiger partial charge is 0.457 e. The van der Waals surface area contributed by atoms with Crippen LogP contribution in [0.4, 0.5) is 0 Å². The molecule has 6 heteroatoms. The van der Waals surface area contributed by atoms with Crippen LogP contribution >= 0.6 is 0 Å². The van der Waals surface area contributed by atoms with Gasteiger partial charge in [0.1, 0.15) is 0 Å². The summed E-state index contributed by atoms with van der Waals surface area (Å²) < 4.78 is 6.74. The molecule has 0 atom stereocenters. The molecule has 144 valence electrons. The summed E-state index contributed by atoms with van der Waals surface area (Å²) in [5, 5.41) is 4.63. The van der Waals surface area contributed by atoms with Crippen LogP contribution in [0, 0.1) is 20.8 Å². The highest BCUT2D eigenvalue weighted by Gasteiger charge is 2.14. The van der Waals surface area contributed by atoms with E-state index in [-0.39, 0.29) is 30.8 Å². The zero-order valence-corrected chi connectivity index (χ0v) is 16.2. The second-order valence-corrected chi connectivity index (χ2v) is 6.83. The molecule has 0 bridgehead atoms. The van der Waals surface area contributed by atoms with Gasteiger partial charge in [-0.05, 0) is 55.7 Å². The van der Waals surface area contributed by atoms with Gasteiger partial charge in [0.15, 0.2) is 6.61 Å². The summed E-state index contributed by atoms with van der Waals surface area (Å²) in [5.74, 6) is -0.708. The molecular weight excluding hydrogens is 356 g/mol. The van der Waals surface area contributed by atoms with E-state index in [0.29, 0.717) is 16.5 Å². The van der Waals surface area contributed by atoms with Crippen molar-refractivity contribution in [1.29, 1.82) is 0 Å². The first-order chi connectivity index (χ1) is 13.4. The first-order valence-electron chi connectivity index (χ1n) is 9.08. The molecule has 0 unspecified atom stereocenters. The molecule has 0 aliphatic rings. The molecule has 0 saturated carbocycles. The molecule has 0 N–H and O–H groups in total. The van der Waals surface area contributed by atoms with Crippen molar-refractivity contribution in [2.24, 2.45) is 0 Å². The minimum Gasteiger partial charge on any atom is -0.457 e. The van der Waals surface area contributed by atoms with Gasteiger partial charge >= 0.3 is 5.97 Å². The van der Waals surface area contributed by atoms with E-state index in [4.69, 9.17) is 4.74 Å². The standard InChI is InChI=1S/C22H22N2O4/c1-14-10-16(3)18(11-15(14)2)21(26)13-28-22(27)8-9-24-19-7-5-4-6-17(19)20(25)12-23-24/h4-7,10-12H,8-9,13H2,1-3H3. The zero-order chi connectivity index (χ0) is 20.3. The fourth-order valence-corrected chi connectivity index (χ4v) is 3.09. The average Bonchev–Trinajstić information content (AvgIpc) is 2.68. The predicted octanol–water partition coefficient (Wildman–Crippen LogP) is 3.14. The summed E-state index contributed by atoms with van der Waals surface area (Å²) in [4.78, 5) is 36.3. The number of carbonyl (C=O) groups is 2. The molecular formula is C22H22N2O4. The van der Waals surface area contributed by atoms with Gasteiger partial charge in [0.2, 0.25) is 11.2 Å². The van der Waals surface area contributed by atoms with Gasteiger partial charge in [-0.25, -0.2) is 0 Å². The lowest BCUT2D eigenvalue weighted by atomic mass is 9.98. The van der Waals surface area contributed by atoms with Crippen molar-refractivity contribution in [3.8, 4) is 0 Å². The van der Waals surface area contributed by atoms with E-state index in [0.717, 1.165) is 16.7 Å². The van der Waals surface area contributed by atoms with Crippen molar-refractivity contribution in [1.82, 2.24) is 9.78 Å². The van der Waals surface area contributed by atoms with Gasteiger partial charge in [-0.2, -0.15) is 5.10 Å². The number of nitrogens with zero attached hydrogens (tertiary/aromatic N) is 2. The second-order valence-electron chi connectivity index (χ2n) is 6.83. The summed E-state index contributed by atoms with van der Waals surface area (Å²) in [7, 11) is 0. The molecule has 3 aromatic rings. The second kappa shape index (κ2) is 8.17. The van der Waals surface area contributed by atoms with Gasteiger partial charge in [0.05, 0.1) is 24.7 Å². The third kappa shape index (κ3) is 4.17. The van der Waals surface area contributed by atoms with Gasteiger partial charge in [-0.1, -0.05) is 18.2 Å². The lowest BCUT2D eigenvalue weighted by molar-refractivity contribution is -0.142. The Morgan fingerprint density at radius 3 is 2.54 bits per heavy atom. The molecule has 0 saturated heterocycles. The number of aryl methyl sites for hydroxylation is 4. The van der Waals surface area contributed by atoms with Gasteiger partial charge in [0.25, 0.3) is 0 Å². The highest BCUT2D eigenvalue weighted by atomic mass is 16.5. The van der Waals surface area contributed by atoms with Crippen molar-refractivity contribution in [2.75, 3.05) is 6.61 Å². The number of carbonyl (C=O) groups excluding carboxylic acids is 2. The lowest BCUT2D eigenvalue weighted by Gasteiger charge is -2.11. The summed E-state index contributed by atoms with van der Waals surface area (Å²) >= 11 is 0. The van der Waals surface area contributed by atoms with Crippen LogP contribution in [0.25, 0.3) is 10.9 Å². The number of rotatable bonds is 6. The Morgan fingerprint density at radius 2 is 1.75 bits per heavy atom. The Kier molecular flexibility index (Phi) is 5.68. The summed E-state index contributed by atoms with van der Waals surface area (Å²) in [5.41, 5.74) is 4.08. The zero-order valence-electron chi connectivity index (χ0n) is 16.2. The summed E-state index contributed by atoms with van der Waals surface area (Å²) in [6.07, 6.45) is 1.29. The number of ketones is 1. The first kappa shape index (κ1) is 19.5. The van der Waals surface area contributed by atoms with Crippen LogP contribution in [-0.2, 0) is 16.1 Å². The van der Waals surface area contributed by atoms with E-state index in [1.165, 1.54) is 6.20 Å². The van der Waals surface area contributed by atoms with E-state index >= 15 is 0 Å². The molecule has 2 aromatic carbocycles. The monoisotopic (exact) mass is 378 g/mol. The maximum atomic E-state index is 12.4. The number of aromatic nitrogens is 2. The number of fused-ring (bicyclic) bond motifs is 1. The van der Waals surface area contributed by atoms with Gasteiger partial charge in [-0.15, -0.1) is 0 Å². The number of benzene rings is 2. The van der Waals surface area contributed by atoms with E-state index in [2.05, 4.69) is 5.10 Å². The quantitative estimate of drug-likeness (QED) is 0.486. The maximum absolute atomic E-state index is 12.4. The smallest absolute Gasteiger partial charge is 0.308 e. The van der Waals surface area contributed by atoms with Crippen LogP contribution in [0.5, 0.6) is 0 Å². The van der Waals surface area contributed by atoms with Gasteiger partial charge < -0.3 is 4.74 Å². The van der Waals surface area contributed by atoms with E-state index < -0.39 is 5.97 Å². The lowest BCUT2D eigenvalue weighted by Crippen LogP contribution is -2.18. The number of esters is 1. The molecule has 0 aliphatic carbocycles. The third-order valence-electron chi connectivity index (χ3n) is 4.80. The molecule has 0 fully saturated rings. The fraction of sp³-hybridized carbons (Fsp3) is 0.273. The van der Waals surface area contributed by atoms with E-state index in [1.54, 1.807) is 22.9 Å². The molecule has 0 radical (unpaired) electrons. The van der Waals surface area contributed by atoms with E-state index in [9.17, 15) is 14.4 Å². The summed E-state index contributed by atoms with van der Waals surface area (Å²) in [6.45, 7) is 5.77. The van der Waals surface area contributed by atoms with Gasteiger partial charge in [-0.3, -0.25) is 19.1 Å². The SMILES string of the molecule is Cc1cc(C)c(C(=O)COC(=O)CCn2ncc(=O)c3ccccc32)cc1C. The fourth-order valence-electron chi connectivity index (χ4n) is 3.09. The summed E-state index contributed by atoms with van der Waals surface area (Å²) in [6, 6.07) is 10.9. The van der Waals surface area contributed by atoms with Crippen molar-refractivity contribution in [2.45, 2.75) is 33.7 Å². The highest BCUT2D eigenvalue weighted by molar-refractivity contribution is 5.99.